The molecule has 0 unspecified atom stereocenters. The van der Waals surface area contributed by atoms with Crippen molar-refractivity contribution in [2.45, 2.75) is 12.8 Å². The second-order valence-corrected chi connectivity index (χ2v) is 4.46. The fraction of sp³-hybridized carbons (Fsp3) is 0.417. The van der Waals surface area contributed by atoms with Crippen molar-refractivity contribution in [3.63, 3.8) is 0 Å². The van der Waals surface area contributed by atoms with E-state index in [4.69, 9.17) is 4.74 Å². The lowest BCUT2D eigenvalue weighted by atomic mass is 10.2. The highest BCUT2D eigenvalue weighted by molar-refractivity contribution is 14.1. The molecule has 0 aliphatic carbocycles. The average Bonchev–Trinajstić information content (AvgIpc) is 2.34. The molecule has 3 nitrogen and oxygen atoms in total. The van der Waals surface area contributed by atoms with Crippen molar-refractivity contribution in [3.05, 3.63) is 29.8 Å². The number of methoxy groups -OCH3 is 1. The zero-order valence-electron chi connectivity index (χ0n) is 9.33. The first-order valence-electron chi connectivity index (χ1n) is 5.26. The Morgan fingerprint density at radius 2 is 2.25 bits per heavy atom. The van der Waals surface area contributed by atoms with E-state index in [9.17, 15) is 4.79 Å². The largest absolute Gasteiger partial charge is 0.497 e. The summed E-state index contributed by atoms with van der Waals surface area (Å²) in [7, 11) is 1.59. The molecule has 16 heavy (non-hydrogen) atoms. The number of ether oxygens (including phenoxy) is 1. The monoisotopic (exact) mass is 333 g/mol. The van der Waals surface area contributed by atoms with Crippen LogP contribution in [0.2, 0.25) is 0 Å². The number of hydrogen-bond acceptors (Lipinski definition) is 2. The van der Waals surface area contributed by atoms with E-state index in [0.717, 1.165) is 23.8 Å². The number of amides is 1. The Balaban J connectivity index is 2.46. The molecule has 0 fully saturated rings. The predicted octanol–water partition coefficient (Wildman–Crippen LogP) is 2.64. The Bertz CT molecular complexity index is 342. The van der Waals surface area contributed by atoms with Crippen LogP contribution in [0.15, 0.2) is 24.3 Å². The highest BCUT2D eigenvalue weighted by Crippen LogP contribution is 2.12. The standard InChI is InChI=1S/C12H16INO2/c1-16-11-6-4-5-10(9-11)12(15)14-8-3-2-7-13/h4-6,9H,2-3,7-8H2,1H3,(H,14,15). The molecule has 0 atom stereocenters. The Hall–Kier alpha value is -0.780. The molecule has 1 aromatic rings. The van der Waals surface area contributed by atoms with E-state index in [1.54, 1.807) is 19.2 Å². The number of alkyl halides is 1. The maximum atomic E-state index is 11.7. The van der Waals surface area contributed by atoms with Gasteiger partial charge < -0.3 is 10.1 Å². The van der Waals surface area contributed by atoms with Gasteiger partial charge in [-0.25, -0.2) is 0 Å². The Morgan fingerprint density at radius 3 is 2.94 bits per heavy atom. The number of unbranched alkanes of at least 4 members (excludes halogenated alkanes) is 1. The maximum Gasteiger partial charge on any atom is 0.251 e. The van der Waals surface area contributed by atoms with Crippen LogP contribution in [0.4, 0.5) is 0 Å². The van der Waals surface area contributed by atoms with Gasteiger partial charge in [-0.3, -0.25) is 4.79 Å². The van der Waals surface area contributed by atoms with Crippen LogP contribution in [0.1, 0.15) is 23.2 Å². The third-order valence-electron chi connectivity index (χ3n) is 2.18. The van der Waals surface area contributed by atoms with Crippen molar-refractivity contribution >= 4 is 28.5 Å². The summed E-state index contributed by atoms with van der Waals surface area (Å²) in [4.78, 5) is 11.7. The molecule has 0 spiro atoms. The summed E-state index contributed by atoms with van der Waals surface area (Å²) in [5.74, 6) is 0.673. The molecule has 0 aliphatic heterocycles. The van der Waals surface area contributed by atoms with Crippen LogP contribution in [0.5, 0.6) is 5.75 Å². The van der Waals surface area contributed by atoms with E-state index in [1.165, 1.54) is 0 Å². The lowest BCUT2D eigenvalue weighted by Crippen LogP contribution is -2.24. The quantitative estimate of drug-likeness (QED) is 0.494. The molecule has 0 bridgehead atoms. The van der Waals surface area contributed by atoms with Gasteiger partial charge in [0, 0.05) is 12.1 Å². The molecule has 0 saturated carbocycles. The molecule has 0 heterocycles. The summed E-state index contributed by atoms with van der Waals surface area (Å²) in [6, 6.07) is 7.18. The van der Waals surface area contributed by atoms with E-state index in [2.05, 4.69) is 27.9 Å². The van der Waals surface area contributed by atoms with Crippen LogP contribution in [0.3, 0.4) is 0 Å². The van der Waals surface area contributed by atoms with Crippen molar-refractivity contribution in [2.24, 2.45) is 0 Å². The van der Waals surface area contributed by atoms with Crippen LogP contribution in [-0.4, -0.2) is 24.0 Å². The Labute approximate surface area is 110 Å². The van der Waals surface area contributed by atoms with Gasteiger partial charge in [0.25, 0.3) is 5.91 Å². The SMILES string of the molecule is COc1cccc(C(=O)NCCCCI)c1. The molecule has 0 saturated heterocycles. The Kier molecular flexibility index (Phi) is 6.22. The van der Waals surface area contributed by atoms with Crippen LogP contribution in [-0.2, 0) is 0 Å². The van der Waals surface area contributed by atoms with Crippen molar-refractivity contribution in [1.82, 2.24) is 5.32 Å². The van der Waals surface area contributed by atoms with Gasteiger partial charge >= 0.3 is 0 Å². The Morgan fingerprint density at radius 1 is 1.44 bits per heavy atom. The number of carbonyl (C=O) groups excluding carboxylic acids is 1. The van der Waals surface area contributed by atoms with Gasteiger partial charge in [0.05, 0.1) is 7.11 Å². The van der Waals surface area contributed by atoms with Gasteiger partial charge in [-0.15, -0.1) is 0 Å². The van der Waals surface area contributed by atoms with Gasteiger partial charge in [-0.05, 0) is 35.5 Å². The molecule has 0 aromatic heterocycles. The number of rotatable bonds is 6. The van der Waals surface area contributed by atoms with E-state index < -0.39 is 0 Å². The van der Waals surface area contributed by atoms with Gasteiger partial charge in [-0.2, -0.15) is 0 Å². The molecule has 1 aromatic carbocycles. The van der Waals surface area contributed by atoms with E-state index >= 15 is 0 Å². The molecule has 1 amide bonds. The second kappa shape index (κ2) is 7.49. The summed E-state index contributed by atoms with van der Waals surface area (Å²) in [5, 5.41) is 2.89. The van der Waals surface area contributed by atoms with Crippen molar-refractivity contribution in [2.75, 3.05) is 18.1 Å². The minimum atomic E-state index is -0.0349. The molecule has 1 N–H and O–H groups in total. The van der Waals surface area contributed by atoms with Gasteiger partial charge in [-0.1, -0.05) is 28.7 Å². The number of hydrogen-bond donors (Lipinski definition) is 1. The first-order chi connectivity index (χ1) is 7.77. The van der Waals surface area contributed by atoms with Gasteiger partial charge in [0.1, 0.15) is 5.75 Å². The number of benzene rings is 1. The number of nitrogens with one attached hydrogen (secondary N) is 1. The summed E-state index contributed by atoms with van der Waals surface area (Å²) < 4.78 is 6.20. The third-order valence-corrected chi connectivity index (χ3v) is 2.94. The van der Waals surface area contributed by atoms with Crippen molar-refractivity contribution < 1.29 is 9.53 Å². The molecule has 88 valence electrons. The van der Waals surface area contributed by atoms with Crippen molar-refractivity contribution in [3.8, 4) is 5.75 Å². The molecule has 0 radical (unpaired) electrons. The van der Waals surface area contributed by atoms with Crippen LogP contribution >= 0.6 is 22.6 Å². The minimum Gasteiger partial charge on any atom is -0.497 e. The van der Waals surface area contributed by atoms with E-state index in [-0.39, 0.29) is 5.91 Å². The maximum absolute atomic E-state index is 11.7. The lowest BCUT2D eigenvalue weighted by Gasteiger charge is -2.06. The van der Waals surface area contributed by atoms with E-state index in [0.29, 0.717) is 11.3 Å². The van der Waals surface area contributed by atoms with Crippen LogP contribution in [0, 0.1) is 0 Å². The smallest absolute Gasteiger partial charge is 0.251 e. The third kappa shape index (κ3) is 4.38. The zero-order valence-corrected chi connectivity index (χ0v) is 11.5. The fourth-order valence-corrected chi connectivity index (χ4v) is 1.83. The fourth-order valence-electron chi connectivity index (χ4n) is 1.29. The predicted molar refractivity (Wildman–Crippen MR) is 73.4 cm³/mol. The van der Waals surface area contributed by atoms with E-state index in [1.807, 2.05) is 12.1 Å². The summed E-state index contributed by atoms with van der Waals surface area (Å²) >= 11 is 2.34. The summed E-state index contributed by atoms with van der Waals surface area (Å²) in [6.45, 7) is 0.735. The molecule has 4 heteroatoms. The van der Waals surface area contributed by atoms with Crippen LogP contribution < -0.4 is 10.1 Å². The first kappa shape index (κ1) is 13.3. The lowest BCUT2D eigenvalue weighted by molar-refractivity contribution is 0.0953. The average molecular weight is 333 g/mol. The molecular weight excluding hydrogens is 317 g/mol. The summed E-state index contributed by atoms with van der Waals surface area (Å²) in [5.41, 5.74) is 0.647. The van der Waals surface area contributed by atoms with Gasteiger partial charge in [0.15, 0.2) is 0 Å². The first-order valence-corrected chi connectivity index (χ1v) is 6.78. The molecular formula is C12H16INO2. The summed E-state index contributed by atoms with van der Waals surface area (Å²) in [6.07, 6.45) is 2.16. The zero-order chi connectivity index (χ0) is 11.8. The molecule has 1 rings (SSSR count). The normalized spacial score (nSPS) is 9.88. The highest BCUT2D eigenvalue weighted by Gasteiger charge is 2.05. The van der Waals surface area contributed by atoms with Crippen molar-refractivity contribution in [1.29, 1.82) is 0 Å². The highest BCUT2D eigenvalue weighted by atomic mass is 127. The molecule has 0 aliphatic rings. The minimum absolute atomic E-state index is 0.0349. The second-order valence-electron chi connectivity index (χ2n) is 3.38. The van der Waals surface area contributed by atoms with Gasteiger partial charge in [0.2, 0.25) is 0 Å². The topological polar surface area (TPSA) is 38.3 Å². The number of carbonyl (C=O) groups is 1. The number of halogens is 1. The van der Waals surface area contributed by atoms with Crippen LogP contribution in [0.25, 0.3) is 0 Å².